The van der Waals surface area contributed by atoms with Crippen molar-refractivity contribution in [2.24, 2.45) is 0 Å². The minimum Gasteiger partial charge on any atom is -0.406 e. The Labute approximate surface area is 73.9 Å². The fraction of sp³-hybridized carbons (Fsp3) is 0.667. The Hall–Kier alpha value is -0.450. The topological polar surface area (TPSA) is 44.8 Å². The van der Waals surface area contributed by atoms with Gasteiger partial charge in [-0.3, -0.25) is 0 Å². The largest absolute Gasteiger partial charge is 0.593 e. The van der Waals surface area contributed by atoms with Crippen LogP contribution < -0.4 is 0 Å². The molecule has 0 amide bonds. The number of allylic oxidation sites excluding steroid dienone is 2. The smallest absolute Gasteiger partial charge is 0.406 e. The average Bonchev–Trinajstić information content (AvgIpc) is 2.19. The molecule has 0 spiro atoms. The summed E-state index contributed by atoms with van der Waals surface area (Å²) in [5, 5.41) is 0. The monoisotopic (exact) mass is 214 g/mol. The van der Waals surface area contributed by atoms with Gasteiger partial charge >= 0.3 is 7.82 Å². The van der Waals surface area contributed by atoms with E-state index in [9.17, 15) is 13.6 Å². The van der Waals surface area contributed by atoms with Gasteiger partial charge in [-0.05, 0) is 34.4 Å². The lowest BCUT2D eigenvalue weighted by Gasteiger charge is -2.15. The molecule has 7 heteroatoms. The molecule has 0 aromatic carbocycles. The van der Waals surface area contributed by atoms with Gasteiger partial charge in [0.25, 0.3) is 0 Å². The zero-order valence-electron chi connectivity index (χ0n) is 6.74. The van der Waals surface area contributed by atoms with Crippen molar-refractivity contribution in [1.82, 2.24) is 0 Å². The van der Waals surface area contributed by atoms with Crippen molar-refractivity contribution in [3.63, 3.8) is 0 Å². The van der Waals surface area contributed by atoms with Crippen LogP contribution in [-0.4, -0.2) is 0 Å². The van der Waals surface area contributed by atoms with Crippen LogP contribution in [0.25, 0.3) is 0 Å². The van der Waals surface area contributed by atoms with E-state index in [-0.39, 0.29) is 5.76 Å². The van der Waals surface area contributed by atoms with Crippen molar-refractivity contribution in [3.8, 4) is 0 Å². The molecule has 1 aliphatic carbocycles. The SMILES string of the molecule is O=P(OF)(OF)OC1=CCCCC1. The van der Waals surface area contributed by atoms with Gasteiger partial charge in [0.1, 0.15) is 5.76 Å². The molecular weight excluding hydrogens is 205 g/mol. The molecule has 0 bridgehead atoms. The first-order chi connectivity index (χ1) is 6.20. The third-order valence-corrected chi connectivity index (χ3v) is 2.44. The lowest BCUT2D eigenvalue weighted by Crippen LogP contribution is -1.97. The van der Waals surface area contributed by atoms with Crippen molar-refractivity contribution in [2.75, 3.05) is 0 Å². The van der Waals surface area contributed by atoms with Gasteiger partial charge in [0, 0.05) is 6.42 Å². The zero-order valence-corrected chi connectivity index (χ0v) is 7.64. The number of halogens is 2. The maximum Gasteiger partial charge on any atom is 0.593 e. The normalized spacial score (nSPS) is 18.2. The highest BCUT2D eigenvalue weighted by atomic mass is 31.2. The van der Waals surface area contributed by atoms with Gasteiger partial charge in [0.2, 0.25) is 0 Å². The van der Waals surface area contributed by atoms with E-state index in [0.29, 0.717) is 6.42 Å². The Morgan fingerprint density at radius 2 is 2.00 bits per heavy atom. The first kappa shape index (κ1) is 10.6. The molecule has 0 aromatic rings. The van der Waals surface area contributed by atoms with Gasteiger partial charge in [-0.15, -0.1) is 0 Å². The van der Waals surface area contributed by atoms with Crippen LogP contribution in [0.5, 0.6) is 0 Å². The van der Waals surface area contributed by atoms with Crippen LogP contribution in [0.4, 0.5) is 9.05 Å². The lowest BCUT2D eigenvalue weighted by atomic mass is 10.1. The summed E-state index contributed by atoms with van der Waals surface area (Å²) in [5.74, 6) is 0.241. The number of hydrogen-bond acceptors (Lipinski definition) is 4. The minimum atomic E-state index is -4.65. The molecule has 0 atom stereocenters. The number of phosphoric acid groups is 1. The second-order valence-electron chi connectivity index (χ2n) is 2.59. The Morgan fingerprint density at radius 3 is 2.46 bits per heavy atom. The molecule has 4 nitrogen and oxygen atoms in total. The predicted octanol–water partition coefficient (Wildman–Crippen LogP) is 3.37. The summed E-state index contributed by atoms with van der Waals surface area (Å²) < 4.78 is 43.8. The standard InChI is InChI=1S/C6H9F2O4P/c7-11-13(9,12-8)10-6-4-2-1-3-5-6/h4H,1-3,5H2. The van der Waals surface area contributed by atoms with Crippen LogP contribution in [0.2, 0.25) is 0 Å². The van der Waals surface area contributed by atoms with Gasteiger partial charge in [0.05, 0.1) is 0 Å². The molecule has 1 aliphatic rings. The van der Waals surface area contributed by atoms with E-state index in [1.165, 1.54) is 0 Å². The van der Waals surface area contributed by atoms with E-state index in [2.05, 4.69) is 14.0 Å². The summed E-state index contributed by atoms with van der Waals surface area (Å²) in [6, 6.07) is 0. The molecule has 0 heterocycles. The summed E-state index contributed by atoms with van der Waals surface area (Å²) in [5.41, 5.74) is 0. The van der Waals surface area contributed by atoms with E-state index in [1.54, 1.807) is 6.08 Å². The zero-order chi connectivity index (χ0) is 9.73. The maximum absolute atomic E-state index is 11.5. The Morgan fingerprint density at radius 1 is 1.31 bits per heavy atom. The Bertz CT molecular complexity index is 235. The summed E-state index contributed by atoms with van der Waals surface area (Å²) in [4.78, 5) is 0. The molecule has 0 aliphatic heterocycles. The van der Waals surface area contributed by atoms with Crippen molar-refractivity contribution < 1.29 is 27.6 Å². The van der Waals surface area contributed by atoms with Gasteiger partial charge in [-0.2, -0.15) is 0 Å². The summed E-state index contributed by atoms with van der Waals surface area (Å²) in [6.45, 7) is 0. The maximum atomic E-state index is 11.5. The molecule has 0 saturated carbocycles. The number of hydrogen-bond donors (Lipinski definition) is 0. The first-order valence-corrected chi connectivity index (χ1v) is 5.25. The van der Waals surface area contributed by atoms with Crippen LogP contribution in [-0.2, 0) is 18.5 Å². The summed E-state index contributed by atoms with van der Waals surface area (Å²) in [6.07, 6.45) is 4.62. The molecule has 76 valence electrons. The lowest BCUT2D eigenvalue weighted by molar-refractivity contribution is -0.113. The molecule has 0 radical (unpaired) electrons. The Balaban J connectivity index is 2.55. The highest BCUT2D eigenvalue weighted by Gasteiger charge is 2.32. The van der Waals surface area contributed by atoms with Crippen LogP contribution in [0, 0.1) is 0 Å². The molecule has 13 heavy (non-hydrogen) atoms. The van der Waals surface area contributed by atoms with E-state index in [1.807, 2.05) is 0 Å². The van der Waals surface area contributed by atoms with Crippen molar-refractivity contribution in [1.29, 1.82) is 0 Å². The highest BCUT2D eigenvalue weighted by Crippen LogP contribution is 2.52. The summed E-state index contributed by atoms with van der Waals surface area (Å²) in [7, 11) is -4.65. The molecule has 0 unspecified atom stereocenters. The first-order valence-electron chi connectivity index (χ1n) is 3.79. The summed E-state index contributed by atoms with van der Waals surface area (Å²) >= 11 is 0. The number of rotatable bonds is 4. The van der Waals surface area contributed by atoms with Crippen LogP contribution >= 0.6 is 7.82 Å². The average molecular weight is 214 g/mol. The second kappa shape index (κ2) is 4.69. The minimum absolute atomic E-state index is 0.241. The highest BCUT2D eigenvalue weighted by molar-refractivity contribution is 7.48. The van der Waals surface area contributed by atoms with Crippen LogP contribution in [0.3, 0.4) is 0 Å². The van der Waals surface area contributed by atoms with Gasteiger partial charge in [-0.25, -0.2) is 4.57 Å². The van der Waals surface area contributed by atoms with E-state index < -0.39 is 7.82 Å². The molecule has 0 fully saturated rings. The molecule has 0 aromatic heterocycles. The predicted molar refractivity (Wildman–Crippen MR) is 39.6 cm³/mol. The van der Waals surface area contributed by atoms with Gasteiger partial charge in [-0.1, -0.05) is 9.46 Å². The molecular formula is C6H9F2O4P. The van der Waals surface area contributed by atoms with E-state index >= 15 is 0 Å². The third-order valence-electron chi connectivity index (χ3n) is 1.65. The molecule has 0 saturated heterocycles. The fourth-order valence-corrected chi connectivity index (χ4v) is 1.60. The van der Waals surface area contributed by atoms with Crippen molar-refractivity contribution >= 4 is 7.82 Å². The van der Waals surface area contributed by atoms with Crippen LogP contribution in [0.1, 0.15) is 25.7 Å². The molecule has 1 rings (SSSR count). The van der Waals surface area contributed by atoms with Gasteiger partial charge in [0.15, 0.2) is 0 Å². The fourth-order valence-electron chi connectivity index (χ4n) is 1.07. The second-order valence-corrected chi connectivity index (χ2v) is 3.95. The van der Waals surface area contributed by atoms with Gasteiger partial charge < -0.3 is 4.52 Å². The van der Waals surface area contributed by atoms with E-state index in [0.717, 1.165) is 19.3 Å². The molecule has 0 N–H and O–H groups in total. The van der Waals surface area contributed by atoms with Crippen molar-refractivity contribution in [2.45, 2.75) is 25.7 Å². The van der Waals surface area contributed by atoms with Crippen molar-refractivity contribution in [3.05, 3.63) is 11.8 Å². The van der Waals surface area contributed by atoms with Crippen LogP contribution in [0.15, 0.2) is 11.8 Å². The third kappa shape index (κ3) is 3.06. The van der Waals surface area contributed by atoms with E-state index in [4.69, 9.17) is 0 Å². The quantitative estimate of drug-likeness (QED) is 0.673. The Kier molecular flexibility index (Phi) is 3.84.